The van der Waals surface area contributed by atoms with Crippen LogP contribution in [0, 0.1) is 12.7 Å². The molecule has 0 aromatic heterocycles. The largest absolute Gasteiger partial charge is 0.454 e. The summed E-state index contributed by atoms with van der Waals surface area (Å²) in [6.45, 7) is 5.23. The Hall–Kier alpha value is -3.63. The van der Waals surface area contributed by atoms with Crippen LogP contribution < -0.4 is 19.9 Å². The lowest BCUT2D eigenvalue weighted by atomic mass is 10.1. The maximum atomic E-state index is 13.8. The van der Waals surface area contributed by atoms with Crippen molar-refractivity contribution in [3.05, 3.63) is 71.5 Å². The highest BCUT2D eigenvalue weighted by Crippen LogP contribution is 2.42. The van der Waals surface area contributed by atoms with Crippen molar-refractivity contribution < 1.29 is 22.3 Å². The van der Waals surface area contributed by atoms with Crippen LogP contribution in [0.25, 0.3) is 0 Å². The summed E-state index contributed by atoms with van der Waals surface area (Å²) in [6, 6.07) is 15.1. The lowest BCUT2D eigenvalue weighted by Gasteiger charge is -2.38. The second kappa shape index (κ2) is 9.59. The molecule has 3 aliphatic heterocycles. The van der Waals surface area contributed by atoms with Crippen LogP contribution in [-0.4, -0.2) is 57.9 Å². The molecule has 2 fully saturated rings. The van der Waals surface area contributed by atoms with Crippen LogP contribution in [0.15, 0.2) is 59.5 Å². The summed E-state index contributed by atoms with van der Waals surface area (Å²) in [6.07, 6.45) is 1.63. The van der Waals surface area contributed by atoms with Gasteiger partial charge in [0, 0.05) is 51.0 Å². The van der Waals surface area contributed by atoms with E-state index in [4.69, 9.17) is 4.74 Å². The van der Waals surface area contributed by atoms with Crippen LogP contribution >= 0.6 is 0 Å². The normalized spacial score (nSPS) is 17.9. The number of hydrogen-bond donors (Lipinski definition) is 1. The lowest BCUT2D eigenvalue weighted by Crippen LogP contribution is -2.47. The van der Waals surface area contributed by atoms with Gasteiger partial charge < -0.3 is 19.9 Å². The van der Waals surface area contributed by atoms with Crippen molar-refractivity contribution in [3.8, 4) is 11.5 Å². The van der Waals surface area contributed by atoms with Crippen LogP contribution in [0.3, 0.4) is 0 Å². The molecule has 3 aromatic carbocycles. The summed E-state index contributed by atoms with van der Waals surface area (Å²) >= 11 is 0. The summed E-state index contributed by atoms with van der Waals surface area (Å²) in [7, 11) is -3.83. The zero-order valence-corrected chi connectivity index (χ0v) is 21.9. The van der Waals surface area contributed by atoms with Gasteiger partial charge in [-0.1, -0.05) is 6.07 Å². The number of sulfonamides is 1. The molecule has 6 rings (SSSR count). The van der Waals surface area contributed by atoms with Crippen molar-refractivity contribution >= 4 is 33.0 Å². The van der Waals surface area contributed by atoms with Crippen LogP contribution in [0.5, 0.6) is 11.5 Å². The molecule has 3 aromatic rings. The Morgan fingerprint density at radius 3 is 2.24 bits per heavy atom. The SMILES string of the molecule is Cc1ccc2c(c1)NC(=O)c1cc(S(=O)(=O)N3CCCC3)c(N3CCN(c4ccc(F)cc4)CC3)cc1O2. The highest BCUT2D eigenvalue weighted by molar-refractivity contribution is 7.89. The zero-order valence-electron chi connectivity index (χ0n) is 21.1. The van der Waals surface area contributed by atoms with E-state index in [1.54, 1.807) is 24.3 Å². The van der Waals surface area contributed by atoms with Gasteiger partial charge in [-0.25, -0.2) is 12.8 Å². The van der Waals surface area contributed by atoms with Gasteiger partial charge >= 0.3 is 0 Å². The molecule has 0 bridgehead atoms. The van der Waals surface area contributed by atoms with Crippen molar-refractivity contribution in [2.75, 3.05) is 54.4 Å². The Balaban J connectivity index is 1.39. The van der Waals surface area contributed by atoms with Gasteiger partial charge in [-0.05, 0) is 67.8 Å². The molecule has 0 unspecified atom stereocenters. The number of fused-ring (bicyclic) bond motifs is 2. The number of benzene rings is 3. The van der Waals surface area contributed by atoms with Gasteiger partial charge in [-0.3, -0.25) is 4.79 Å². The van der Waals surface area contributed by atoms with Crippen LogP contribution in [-0.2, 0) is 10.0 Å². The van der Waals surface area contributed by atoms with Crippen molar-refractivity contribution in [3.63, 3.8) is 0 Å². The molecule has 2 saturated heterocycles. The quantitative estimate of drug-likeness (QED) is 0.525. The third kappa shape index (κ3) is 4.48. The Morgan fingerprint density at radius 1 is 0.842 bits per heavy atom. The first-order valence-corrected chi connectivity index (χ1v) is 14.3. The number of carbonyl (C=O) groups is 1. The molecule has 198 valence electrons. The molecule has 0 radical (unpaired) electrons. The summed E-state index contributed by atoms with van der Waals surface area (Å²) < 4.78 is 48.8. The predicted molar refractivity (Wildman–Crippen MR) is 144 cm³/mol. The second-order valence-electron chi connectivity index (χ2n) is 9.93. The smallest absolute Gasteiger partial charge is 0.259 e. The van der Waals surface area contributed by atoms with Gasteiger partial charge in [0.25, 0.3) is 5.91 Å². The average Bonchev–Trinajstić information content (AvgIpc) is 3.42. The van der Waals surface area contributed by atoms with Crippen molar-refractivity contribution in [2.45, 2.75) is 24.7 Å². The van der Waals surface area contributed by atoms with Gasteiger partial charge in [0.2, 0.25) is 10.0 Å². The Labute approximate surface area is 221 Å². The van der Waals surface area contributed by atoms with E-state index in [-0.39, 0.29) is 16.3 Å². The lowest BCUT2D eigenvalue weighted by molar-refractivity contribution is 0.102. The van der Waals surface area contributed by atoms with Gasteiger partial charge in [0.15, 0.2) is 5.75 Å². The number of amides is 1. The molecule has 1 amide bonds. The van der Waals surface area contributed by atoms with Gasteiger partial charge in [-0.15, -0.1) is 0 Å². The molecule has 38 heavy (non-hydrogen) atoms. The van der Waals surface area contributed by atoms with Gasteiger partial charge in [0.1, 0.15) is 16.5 Å². The molecule has 1 N–H and O–H groups in total. The monoisotopic (exact) mass is 536 g/mol. The molecule has 3 heterocycles. The molecule has 0 saturated carbocycles. The second-order valence-corrected chi connectivity index (χ2v) is 11.8. The molecule has 0 atom stereocenters. The van der Waals surface area contributed by atoms with Crippen LogP contribution in [0.1, 0.15) is 28.8 Å². The fourth-order valence-corrected chi connectivity index (χ4v) is 7.06. The number of ether oxygens (including phenoxy) is 1. The van der Waals surface area contributed by atoms with E-state index in [2.05, 4.69) is 10.2 Å². The topological polar surface area (TPSA) is 82.2 Å². The van der Waals surface area contributed by atoms with Crippen molar-refractivity contribution in [2.24, 2.45) is 0 Å². The first-order chi connectivity index (χ1) is 18.3. The highest BCUT2D eigenvalue weighted by Gasteiger charge is 2.35. The minimum atomic E-state index is -3.83. The van der Waals surface area contributed by atoms with E-state index in [9.17, 15) is 17.6 Å². The minimum absolute atomic E-state index is 0.120. The fraction of sp³-hybridized carbons (Fsp3) is 0.321. The summed E-state index contributed by atoms with van der Waals surface area (Å²) in [5, 5.41) is 2.88. The fourth-order valence-electron chi connectivity index (χ4n) is 5.33. The molecule has 0 aliphatic carbocycles. The molecular weight excluding hydrogens is 507 g/mol. The van der Waals surface area contributed by atoms with E-state index in [1.165, 1.54) is 22.5 Å². The third-order valence-corrected chi connectivity index (χ3v) is 9.33. The van der Waals surface area contributed by atoms with Crippen molar-refractivity contribution in [1.82, 2.24) is 4.31 Å². The number of piperazine rings is 1. The van der Waals surface area contributed by atoms with E-state index < -0.39 is 15.9 Å². The summed E-state index contributed by atoms with van der Waals surface area (Å²) in [4.78, 5) is 17.5. The Kier molecular flexibility index (Phi) is 6.23. The minimum Gasteiger partial charge on any atom is -0.454 e. The predicted octanol–water partition coefficient (Wildman–Crippen LogP) is 4.60. The first-order valence-electron chi connectivity index (χ1n) is 12.8. The number of aryl methyl sites for hydroxylation is 1. The maximum absolute atomic E-state index is 13.8. The number of carbonyl (C=O) groups excluding carboxylic acids is 1. The molecule has 8 nitrogen and oxygen atoms in total. The Morgan fingerprint density at radius 2 is 1.53 bits per heavy atom. The summed E-state index contributed by atoms with van der Waals surface area (Å²) in [5.74, 6) is 0.135. The maximum Gasteiger partial charge on any atom is 0.259 e. The molecule has 3 aliphatic rings. The number of nitrogens with one attached hydrogen (secondary N) is 1. The number of hydrogen-bond acceptors (Lipinski definition) is 6. The first kappa shape index (κ1) is 24.7. The number of anilines is 3. The van der Waals surface area contributed by atoms with Crippen LogP contribution in [0.4, 0.5) is 21.5 Å². The molecule has 0 spiro atoms. The third-order valence-electron chi connectivity index (χ3n) is 7.40. The highest BCUT2D eigenvalue weighted by atomic mass is 32.2. The average molecular weight is 537 g/mol. The summed E-state index contributed by atoms with van der Waals surface area (Å²) in [5.41, 5.74) is 3.15. The zero-order chi connectivity index (χ0) is 26.4. The Bertz CT molecular complexity index is 1500. The van der Waals surface area contributed by atoms with E-state index in [1.807, 2.05) is 24.0 Å². The number of halogens is 1. The van der Waals surface area contributed by atoms with Crippen molar-refractivity contribution in [1.29, 1.82) is 0 Å². The number of rotatable bonds is 4. The van der Waals surface area contributed by atoms with E-state index in [0.29, 0.717) is 62.1 Å². The van der Waals surface area contributed by atoms with Gasteiger partial charge in [0.05, 0.1) is 16.9 Å². The van der Waals surface area contributed by atoms with E-state index in [0.717, 1.165) is 24.1 Å². The van der Waals surface area contributed by atoms with E-state index >= 15 is 0 Å². The molecule has 10 heteroatoms. The number of nitrogens with zero attached hydrogens (tertiary/aromatic N) is 3. The van der Waals surface area contributed by atoms with Gasteiger partial charge in [-0.2, -0.15) is 4.31 Å². The molecular formula is C28H29FN4O4S. The van der Waals surface area contributed by atoms with Crippen LogP contribution in [0.2, 0.25) is 0 Å². The standard InChI is InChI=1S/C28H29FN4O4S/c1-19-4-9-25-23(16-19)30-28(34)22-17-27(38(35,36)33-10-2-3-11-33)24(18-26(22)37-25)32-14-12-31(13-15-32)21-7-5-20(29)6-8-21/h4-9,16-18H,2-3,10-15H2,1H3,(H,30,34).